The molecule has 1 aliphatic heterocycles. The molecule has 2 rings (SSSR count). The number of nitrogens with zero attached hydrogens (tertiary/aromatic N) is 1. The topological polar surface area (TPSA) is 32.3 Å². The number of carbonyl (C=O) groups is 1. The quantitative estimate of drug-likeness (QED) is 0.886. The van der Waals surface area contributed by atoms with Crippen LogP contribution in [0, 0.1) is 6.92 Å². The predicted molar refractivity (Wildman–Crippen MR) is 76.0 cm³/mol. The maximum absolute atomic E-state index is 12.0. The fourth-order valence-electron chi connectivity index (χ4n) is 2.38. The Bertz CT molecular complexity index is 396. The molecule has 1 N–H and O–H groups in total. The van der Waals surface area contributed by atoms with Gasteiger partial charge in [0.05, 0.1) is 0 Å². The summed E-state index contributed by atoms with van der Waals surface area (Å²) >= 11 is 1.84. The predicted octanol–water partition coefficient (Wildman–Crippen LogP) is 2.20. The molecule has 0 spiro atoms. The average molecular weight is 266 g/mol. The number of hydrogen-bond acceptors (Lipinski definition) is 3. The zero-order valence-electron chi connectivity index (χ0n) is 11.2. The number of aryl methyl sites for hydroxylation is 2. The van der Waals surface area contributed by atoms with Crippen LogP contribution in [0.15, 0.2) is 12.1 Å². The second kappa shape index (κ2) is 6.34. The average Bonchev–Trinajstić information content (AvgIpc) is 2.99. The van der Waals surface area contributed by atoms with Gasteiger partial charge in [0.25, 0.3) is 0 Å². The van der Waals surface area contributed by atoms with Crippen molar-refractivity contribution in [2.75, 3.05) is 20.1 Å². The van der Waals surface area contributed by atoms with Gasteiger partial charge in [0.1, 0.15) is 0 Å². The number of rotatable bonds is 5. The highest BCUT2D eigenvalue weighted by atomic mass is 32.1. The molecule has 100 valence electrons. The van der Waals surface area contributed by atoms with E-state index in [1.807, 2.05) is 23.3 Å². The van der Waals surface area contributed by atoms with Crippen LogP contribution in [0.2, 0.25) is 0 Å². The molecule has 4 heteroatoms. The minimum Gasteiger partial charge on any atom is -0.341 e. The molecule has 1 aromatic heterocycles. The van der Waals surface area contributed by atoms with Crippen molar-refractivity contribution in [1.82, 2.24) is 10.2 Å². The van der Waals surface area contributed by atoms with Gasteiger partial charge in [-0.2, -0.15) is 0 Å². The molecule has 1 amide bonds. The summed E-state index contributed by atoms with van der Waals surface area (Å²) in [4.78, 5) is 16.7. The summed E-state index contributed by atoms with van der Waals surface area (Å²) in [5, 5.41) is 3.30. The Morgan fingerprint density at radius 2 is 2.39 bits per heavy atom. The number of thiophene rings is 1. The summed E-state index contributed by atoms with van der Waals surface area (Å²) in [7, 11) is 1.94. The van der Waals surface area contributed by atoms with E-state index in [-0.39, 0.29) is 5.91 Å². The lowest BCUT2D eigenvalue weighted by molar-refractivity contribution is -0.131. The lowest BCUT2D eigenvalue weighted by Gasteiger charge is -2.23. The highest BCUT2D eigenvalue weighted by molar-refractivity contribution is 7.11. The van der Waals surface area contributed by atoms with Crippen molar-refractivity contribution < 1.29 is 4.79 Å². The first-order chi connectivity index (χ1) is 8.66. The molecular formula is C14H22N2OS. The lowest BCUT2D eigenvalue weighted by atomic mass is 10.1. The van der Waals surface area contributed by atoms with E-state index in [9.17, 15) is 4.79 Å². The fourth-order valence-corrected chi connectivity index (χ4v) is 3.32. The number of nitrogens with one attached hydrogen (secondary N) is 1. The van der Waals surface area contributed by atoms with Crippen molar-refractivity contribution in [3.8, 4) is 0 Å². The molecule has 1 aromatic rings. The van der Waals surface area contributed by atoms with Crippen molar-refractivity contribution in [3.05, 3.63) is 21.9 Å². The molecule has 1 atom stereocenters. The summed E-state index contributed by atoms with van der Waals surface area (Å²) in [6, 6.07) is 4.73. The van der Waals surface area contributed by atoms with Crippen LogP contribution < -0.4 is 5.32 Å². The highest BCUT2D eigenvalue weighted by Crippen LogP contribution is 2.18. The van der Waals surface area contributed by atoms with Crippen molar-refractivity contribution in [2.24, 2.45) is 0 Å². The van der Waals surface area contributed by atoms with Crippen LogP contribution in [0.5, 0.6) is 0 Å². The first-order valence-corrected chi connectivity index (χ1v) is 7.50. The molecule has 1 saturated heterocycles. The second-order valence-corrected chi connectivity index (χ2v) is 6.39. The standard InChI is InChI=1S/C14H22N2OS/c1-11-6-7-13(18-11)4-3-5-14(17)16(2)12-8-9-15-10-12/h6-7,12,15H,3-5,8-10H2,1-2H3. The van der Waals surface area contributed by atoms with Gasteiger partial charge in [0.2, 0.25) is 5.91 Å². The Labute approximate surface area is 113 Å². The largest absolute Gasteiger partial charge is 0.341 e. The van der Waals surface area contributed by atoms with Crippen LogP contribution in [-0.2, 0) is 11.2 Å². The van der Waals surface area contributed by atoms with E-state index in [1.54, 1.807) is 0 Å². The molecule has 3 nitrogen and oxygen atoms in total. The van der Waals surface area contributed by atoms with E-state index in [4.69, 9.17) is 0 Å². The van der Waals surface area contributed by atoms with Crippen molar-refractivity contribution in [3.63, 3.8) is 0 Å². The zero-order valence-corrected chi connectivity index (χ0v) is 12.1. The number of likely N-dealkylation sites (N-methyl/N-ethyl adjacent to an activating group) is 1. The van der Waals surface area contributed by atoms with Gasteiger partial charge in [-0.25, -0.2) is 0 Å². The van der Waals surface area contributed by atoms with Gasteiger partial charge in [-0.1, -0.05) is 0 Å². The molecule has 0 radical (unpaired) electrons. The second-order valence-electron chi connectivity index (χ2n) is 5.02. The van der Waals surface area contributed by atoms with Crippen LogP contribution >= 0.6 is 11.3 Å². The summed E-state index contributed by atoms with van der Waals surface area (Å²) in [5.41, 5.74) is 0. The SMILES string of the molecule is Cc1ccc(CCCC(=O)N(C)C2CCNC2)s1. The van der Waals surface area contributed by atoms with E-state index < -0.39 is 0 Å². The maximum Gasteiger partial charge on any atom is 0.222 e. The molecule has 1 unspecified atom stereocenters. The van der Waals surface area contributed by atoms with Crippen LogP contribution in [0.3, 0.4) is 0 Å². The number of amides is 1. The smallest absolute Gasteiger partial charge is 0.222 e. The van der Waals surface area contributed by atoms with E-state index in [1.165, 1.54) is 9.75 Å². The Morgan fingerprint density at radius 1 is 1.56 bits per heavy atom. The van der Waals surface area contributed by atoms with Gasteiger partial charge in [0, 0.05) is 35.8 Å². The fraction of sp³-hybridized carbons (Fsp3) is 0.643. The third-order valence-electron chi connectivity index (χ3n) is 3.59. The van der Waals surface area contributed by atoms with E-state index >= 15 is 0 Å². The molecule has 0 bridgehead atoms. The van der Waals surface area contributed by atoms with Crippen molar-refractivity contribution >= 4 is 17.2 Å². The Hall–Kier alpha value is -0.870. The third-order valence-corrected chi connectivity index (χ3v) is 4.65. The maximum atomic E-state index is 12.0. The molecule has 0 saturated carbocycles. The summed E-state index contributed by atoms with van der Waals surface area (Å²) in [5.74, 6) is 0.289. The minimum absolute atomic E-state index is 0.289. The van der Waals surface area contributed by atoms with Crippen LogP contribution in [0.25, 0.3) is 0 Å². The van der Waals surface area contributed by atoms with E-state index in [2.05, 4.69) is 24.4 Å². The normalized spacial score (nSPS) is 19.1. The van der Waals surface area contributed by atoms with Crippen molar-refractivity contribution in [1.29, 1.82) is 0 Å². The summed E-state index contributed by atoms with van der Waals surface area (Å²) in [6.07, 6.45) is 3.75. The molecule has 18 heavy (non-hydrogen) atoms. The molecule has 2 heterocycles. The number of carbonyl (C=O) groups excluding carboxylic acids is 1. The van der Waals surface area contributed by atoms with E-state index in [0.29, 0.717) is 12.5 Å². The van der Waals surface area contributed by atoms with Crippen LogP contribution in [-0.4, -0.2) is 37.0 Å². The summed E-state index contributed by atoms with van der Waals surface area (Å²) < 4.78 is 0. The number of hydrogen-bond donors (Lipinski definition) is 1. The zero-order chi connectivity index (χ0) is 13.0. The van der Waals surface area contributed by atoms with Gasteiger partial charge in [0.15, 0.2) is 0 Å². The molecule has 1 fully saturated rings. The highest BCUT2D eigenvalue weighted by Gasteiger charge is 2.22. The monoisotopic (exact) mass is 266 g/mol. The molecular weight excluding hydrogens is 244 g/mol. The summed E-state index contributed by atoms with van der Waals surface area (Å²) in [6.45, 7) is 4.11. The van der Waals surface area contributed by atoms with Crippen LogP contribution in [0.4, 0.5) is 0 Å². The molecule has 1 aliphatic rings. The Balaban J connectivity index is 1.71. The van der Waals surface area contributed by atoms with Gasteiger partial charge < -0.3 is 10.2 Å². The van der Waals surface area contributed by atoms with Gasteiger partial charge in [-0.05, 0) is 44.9 Å². The Kier molecular flexibility index (Phi) is 4.78. The first-order valence-electron chi connectivity index (χ1n) is 6.68. The van der Waals surface area contributed by atoms with Gasteiger partial charge in [-0.3, -0.25) is 4.79 Å². The van der Waals surface area contributed by atoms with Crippen molar-refractivity contribution in [2.45, 2.75) is 38.6 Å². The molecule has 0 aromatic carbocycles. The lowest BCUT2D eigenvalue weighted by Crippen LogP contribution is -2.38. The van der Waals surface area contributed by atoms with Gasteiger partial charge in [-0.15, -0.1) is 11.3 Å². The van der Waals surface area contributed by atoms with Gasteiger partial charge >= 0.3 is 0 Å². The first kappa shape index (κ1) is 13.6. The molecule has 0 aliphatic carbocycles. The minimum atomic E-state index is 0.289. The van der Waals surface area contributed by atoms with E-state index in [0.717, 1.165) is 32.4 Å². The Morgan fingerprint density at radius 3 is 3.00 bits per heavy atom. The third kappa shape index (κ3) is 3.56. The van der Waals surface area contributed by atoms with Crippen LogP contribution in [0.1, 0.15) is 29.0 Å².